The van der Waals surface area contributed by atoms with Gasteiger partial charge in [0.1, 0.15) is 24.6 Å². The molecule has 0 spiro atoms. The van der Waals surface area contributed by atoms with Gasteiger partial charge in [-0.2, -0.15) is 18.2 Å². The van der Waals surface area contributed by atoms with E-state index in [4.69, 9.17) is 4.74 Å². The van der Waals surface area contributed by atoms with Gasteiger partial charge in [0.25, 0.3) is 0 Å². The van der Waals surface area contributed by atoms with Crippen molar-refractivity contribution < 1.29 is 27.1 Å². The molecule has 0 bridgehead atoms. The van der Waals surface area contributed by atoms with Gasteiger partial charge in [-0.25, -0.2) is 19.2 Å². The average Bonchev–Trinajstić information content (AvgIpc) is 3.29. The fourth-order valence-corrected chi connectivity index (χ4v) is 4.31. The third-order valence-electron chi connectivity index (χ3n) is 6.34. The lowest BCUT2D eigenvalue weighted by molar-refractivity contribution is -0.137. The van der Waals surface area contributed by atoms with Crippen LogP contribution in [0.3, 0.4) is 0 Å². The van der Waals surface area contributed by atoms with Crippen LogP contribution in [0.15, 0.2) is 42.9 Å². The first-order valence-corrected chi connectivity index (χ1v) is 11.0. The Labute approximate surface area is 198 Å². The van der Waals surface area contributed by atoms with Gasteiger partial charge in [-0.15, -0.1) is 0 Å². The number of imidazole rings is 1. The Hall–Kier alpha value is -3.70. The van der Waals surface area contributed by atoms with E-state index in [2.05, 4.69) is 20.3 Å². The van der Waals surface area contributed by atoms with Crippen LogP contribution in [0.1, 0.15) is 36.7 Å². The maximum Gasteiger partial charge on any atom is 0.416 e. The van der Waals surface area contributed by atoms with E-state index < -0.39 is 35.6 Å². The molecule has 0 radical (unpaired) electrons. The highest BCUT2D eigenvalue weighted by Crippen LogP contribution is 2.48. The Balaban J connectivity index is 1.42. The number of halogens is 4. The zero-order valence-electron chi connectivity index (χ0n) is 18.9. The minimum absolute atomic E-state index is 0.0701. The average molecular weight is 490 g/mol. The standard InChI is InChI=1S/C23H22F4N6O2/c1-13(24)17-11-35-21(34)33(17)18-6-9-28-20(30-18)31-22(7-8-22)19-14(2)32(12-29-19)16-5-3-4-15(10-16)23(25,26)27/h3-6,9-10,12-13,17H,7-8,11H2,1-2H3,(H,28,30,31)/t13-,17+/m0/s1. The lowest BCUT2D eigenvalue weighted by Gasteiger charge is -2.22. The Kier molecular flexibility index (Phi) is 5.41. The molecule has 0 unspecified atom stereocenters. The van der Waals surface area contributed by atoms with Gasteiger partial charge in [0, 0.05) is 17.6 Å². The number of hydrogen-bond donors (Lipinski definition) is 1. The molecule has 1 N–H and O–H groups in total. The van der Waals surface area contributed by atoms with Crippen LogP contribution in [0.5, 0.6) is 0 Å². The molecule has 2 atom stereocenters. The van der Waals surface area contributed by atoms with Gasteiger partial charge in [-0.3, -0.25) is 4.90 Å². The van der Waals surface area contributed by atoms with Crippen molar-refractivity contribution in [3.05, 3.63) is 59.8 Å². The number of hydrogen-bond acceptors (Lipinski definition) is 6. The summed E-state index contributed by atoms with van der Waals surface area (Å²) in [4.78, 5) is 26.5. The lowest BCUT2D eigenvalue weighted by atomic mass is 10.1. The summed E-state index contributed by atoms with van der Waals surface area (Å²) in [5.74, 6) is 0.430. The number of benzene rings is 1. The molecule has 3 heterocycles. The van der Waals surface area contributed by atoms with E-state index in [9.17, 15) is 22.4 Å². The van der Waals surface area contributed by atoms with Gasteiger partial charge in [-0.1, -0.05) is 6.07 Å². The summed E-state index contributed by atoms with van der Waals surface area (Å²) in [7, 11) is 0. The van der Waals surface area contributed by atoms with Crippen LogP contribution in [-0.2, 0) is 16.5 Å². The Morgan fingerprint density at radius 1 is 1.23 bits per heavy atom. The number of aromatic nitrogens is 4. The van der Waals surface area contributed by atoms with Crippen molar-refractivity contribution in [2.24, 2.45) is 0 Å². The van der Waals surface area contributed by atoms with Gasteiger partial charge >= 0.3 is 12.3 Å². The van der Waals surface area contributed by atoms with Crippen molar-refractivity contribution >= 4 is 17.9 Å². The summed E-state index contributed by atoms with van der Waals surface area (Å²) in [5, 5.41) is 3.26. The maximum atomic E-state index is 14.0. The second kappa shape index (κ2) is 8.21. The van der Waals surface area contributed by atoms with Crippen LogP contribution < -0.4 is 10.2 Å². The first-order chi connectivity index (χ1) is 16.6. The predicted octanol–water partition coefficient (Wildman–Crippen LogP) is 4.77. The highest BCUT2D eigenvalue weighted by atomic mass is 19.4. The molecule has 1 aliphatic carbocycles. The summed E-state index contributed by atoms with van der Waals surface area (Å²) in [5.41, 5.74) is 0.354. The first-order valence-electron chi connectivity index (χ1n) is 11.0. The van der Waals surface area contributed by atoms with E-state index in [-0.39, 0.29) is 18.4 Å². The molecule has 8 nitrogen and oxygen atoms in total. The van der Waals surface area contributed by atoms with Crippen molar-refractivity contribution in [3.8, 4) is 5.69 Å². The highest BCUT2D eigenvalue weighted by molar-refractivity contribution is 5.89. The zero-order valence-corrected chi connectivity index (χ0v) is 18.9. The molecular formula is C23H22F4N6O2. The van der Waals surface area contributed by atoms with Crippen LogP contribution in [0.2, 0.25) is 0 Å². The zero-order chi connectivity index (χ0) is 25.0. The molecule has 1 amide bonds. The summed E-state index contributed by atoms with van der Waals surface area (Å²) in [6.45, 7) is 3.07. The van der Waals surface area contributed by atoms with Crippen LogP contribution >= 0.6 is 0 Å². The fourth-order valence-electron chi connectivity index (χ4n) is 4.31. The first kappa shape index (κ1) is 23.1. The van der Waals surface area contributed by atoms with E-state index in [1.54, 1.807) is 17.6 Å². The molecule has 1 aromatic carbocycles. The van der Waals surface area contributed by atoms with Gasteiger partial charge in [-0.05, 0) is 51.0 Å². The molecule has 3 aromatic rings. The quantitative estimate of drug-likeness (QED) is 0.501. The predicted molar refractivity (Wildman–Crippen MR) is 118 cm³/mol. The minimum atomic E-state index is -4.45. The molecule has 184 valence electrons. The van der Waals surface area contributed by atoms with E-state index >= 15 is 0 Å². The summed E-state index contributed by atoms with van der Waals surface area (Å²) in [6, 6.07) is 5.76. The lowest BCUT2D eigenvalue weighted by Crippen LogP contribution is -2.39. The Bertz CT molecular complexity index is 1270. The molecule has 1 saturated carbocycles. The van der Waals surface area contributed by atoms with Gasteiger partial charge in [0.2, 0.25) is 5.95 Å². The van der Waals surface area contributed by atoms with E-state index in [1.807, 2.05) is 0 Å². The Morgan fingerprint density at radius 3 is 2.69 bits per heavy atom. The number of amides is 1. The maximum absolute atomic E-state index is 14.0. The minimum Gasteiger partial charge on any atom is -0.447 e. The normalized spacial score (nSPS) is 20.0. The van der Waals surface area contributed by atoms with E-state index in [1.165, 1.54) is 36.5 Å². The van der Waals surface area contributed by atoms with Gasteiger partial charge in [0.15, 0.2) is 0 Å². The number of cyclic esters (lactones) is 1. The SMILES string of the molecule is Cc1c(C2(Nc3nccc(N4C(=O)OC[C@@H]4[C@H](C)F)n3)CC2)ncn1-c1cccc(C(F)(F)F)c1. The van der Waals surface area contributed by atoms with Crippen molar-refractivity contribution in [2.45, 2.75) is 50.6 Å². The second-order valence-corrected chi connectivity index (χ2v) is 8.73. The molecule has 5 rings (SSSR count). The van der Waals surface area contributed by atoms with Crippen LogP contribution in [0.4, 0.5) is 34.1 Å². The molecule has 2 aromatic heterocycles. The number of nitrogens with one attached hydrogen (secondary N) is 1. The van der Waals surface area contributed by atoms with Gasteiger partial charge < -0.3 is 14.6 Å². The van der Waals surface area contributed by atoms with Crippen LogP contribution in [-0.4, -0.2) is 44.4 Å². The Morgan fingerprint density at radius 2 is 2.00 bits per heavy atom. The molecule has 1 aliphatic heterocycles. The van der Waals surface area contributed by atoms with Crippen molar-refractivity contribution in [1.82, 2.24) is 19.5 Å². The molecule has 12 heteroatoms. The second-order valence-electron chi connectivity index (χ2n) is 8.73. The van der Waals surface area contributed by atoms with Crippen LogP contribution in [0, 0.1) is 6.92 Å². The summed E-state index contributed by atoms with van der Waals surface area (Å²) < 4.78 is 60.1. The fraction of sp³-hybridized carbons (Fsp3) is 0.391. The molecular weight excluding hydrogens is 468 g/mol. The monoisotopic (exact) mass is 490 g/mol. The number of alkyl halides is 4. The van der Waals surface area contributed by atoms with E-state index in [0.29, 0.717) is 29.9 Å². The third-order valence-corrected chi connectivity index (χ3v) is 6.34. The summed E-state index contributed by atoms with van der Waals surface area (Å²) in [6.07, 6.45) is -2.08. The van der Waals surface area contributed by atoms with E-state index in [0.717, 1.165) is 12.1 Å². The van der Waals surface area contributed by atoms with Crippen LogP contribution in [0.25, 0.3) is 5.69 Å². The number of ether oxygens (including phenoxy) is 1. The molecule has 1 saturated heterocycles. The highest BCUT2D eigenvalue weighted by Gasteiger charge is 2.48. The summed E-state index contributed by atoms with van der Waals surface area (Å²) >= 11 is 0. The smallest absolute Gasteiger partial charge is 0.416 e. The molecule has 2 aliphatic rings. The topological polar surface area (TPSA) is 85.2 Å². The number of rotatable bonds is 6. The van der Waals surface area contributed by atoms with Crippen molar-refractivity contribution in [3.63, 3.8) is 0 Å². The molecule has 35 heavy (non-hydrogen) atoms. The number of anilines is 2. The number of carbonyl (C=O) groups excluding carboxylic acids is 1. The van der Waals surface area contributed by atoms with Crippen molar-refractivity contribution in [2.75, 3.05) is 16.8 Å². The number of carbonyl (C=O) groups is 1. The van der Waals surface area contributed by atoms with Crippen molar-refractivity contribution in [1.29, 1.82) is 0 Å². The van der Waals surface area contributed by atoms with Gasteiger partial charge in [0.05, 0.1) is 23.1 Å². The largest absolute Gasteiger partial charge is 0.447 e. The number of nitrogens with zero attached hydrogens (tertiary/aromatic N) is 5. The third kappa shape index (κ3) is 4.17. The molecule has 2 fully saturated rings.